The number of carbonyl (C=O) groups is 1. The van der Waals surface area contributed by atoms with Crippen molar-refractivity contribution in [1.29, 1.82) is 5.26 Å². The van der Waals surface area contributed by atoms with Crippen LogP contribution in [0.15, 0.2) is 76.9 Å². The van der Waals surface area contributed by atoms with Crippen LogP contribution in [0.2, 0.25) is 0 Å². The van der Waals surface area contributed by atoms with Gasteiger partial charge in [0.2, 0.25) is 0 Å². The van der Waals surface area contributed by atoms with Crippen molar-refractivity contribution in [1.82, 2.24) is 4.98 Å². The number of carbonyl (C=O) groups excluding carboxylic acids is 1. The van der Waals surface area contributed by atoms with Gasteiger partial charge in [0.1, 0.15) is 18.2 Å². The highest BCUT2D eigenvalue weighted by Gasteiger charge is 2.16. The molecule has 0 aliphatic rings. The van der Waals surface area contributed by atoms with Gasteiger partial charge in [0, 0.05) is 30.5 Å². The topological polar surface area (TPSA) is 171 Å². The average Bonchev–Trinajstić information content (AvgIpc) is 3.43. The van der Waals surface area contributed by atoms with E-state index >= 15 is 0 Å². The molecule has 0 atom stereocenters. The molecule has 1 aromatic heterocycles. The molecule has 41 heavy (non-hydrogen) atoms. The van der Waals surface area contributed by atoms with E-state index in [9.17, 15) is 30.3 Å². The molecule has 1 amide bonds. The molecule has 0 aliphatic carbocycles. The minimum absolute atomic E-state index is 0.0271. The van der Waals surface area contributed by atoms with Gasteiger partial charge in [-0.3, -0.25) is 30.3 Å². The zero-order valence-corrected chi connectivity index (χ0v) is 23.5. The lowest BCUT2D eigenvalue weighted by Gasteiger charge is -2.14. The highest BCUT2D eigenvalue weighted by molar-refractivity contribution is 9.10. The summed E-state index contributed by atoms with van der Waals surface area (Å²) < 4.78 is 11.8. The predicted molar refractivity (Wildman–Crippen MR) is 155 cm³/mol. The molecule has 206 valence electrons. The van der Waals surface area contributed by atoms with Crippen LogP contribution in [0.25, 0.3) is 16.5 Å². The number of thiazole rings is 1. The Hall–Kier alpha value is -5.13. The van der Waals surface area contributed by atoms with Crippen LogP contribution in [0.1, 0.15) is 11.1 Å². The first-order valence-corrected chi connectivity index (χ1v) is 13.2. The van der Waals surface area contributed by atoms with Crippen LogP contribution in [0.3, 0.4) is 0 Å². The molecule has 12 nitrogen and oxygen atoms in total. The molecule has 0 spiro atoms. The van der Waals surface area contributed by atoms with Crippen LogP contribution in [-0.4, -0.2) is 27.8 Å². The van der Waals surface area contributed by atoms with Gasteiger partial charge < -0.3 is 9.47 Å². The summed E-state index contributed by atoms with van der Waals surface area (Å²) in [5.74, 6) is 0.0242. The molecule has 14 heteroatoms. The van der Waals surface area contributed by atoms with E-state index in [1.165, 1.54) is 43.6 Å². The quantitative estimate of drug-likeness (QED) is 0.0880. The Morgan fingerprint density at radius 1 is 1.10 bits per heavy atom. The number of hydrogen-bond acceptors (Lipinski definition) is 10. The lowest BCUT2D eigenvalue weighted by Crippen LogP contribution is -2.13. The van der Waals surface area contributed by atoms with Gasteiger partial charge >= 0.3 is 0 Å². The number of nitro benzene ring substituents is 2. The van der Waals surface area contributed by atoms with E-state index in [1.807, 2.05) is 6.07 Å². The van der Waals surface area contributed by atoms with Gasteiger partial charge in [-0.1, -0.05) is 11.3 Å². The highest BCUT2D eigenvalue weighted by atomic mass is 79.9. The van der Waals surface area contributed by atoms with Gasteiger partial charge in [0.25, 0.3) is 17.3 Å². The molecule has 0 unspecified atom stereocenters. The molecule has 0 aliphatic heterocycles. The lowest BCUT2D eigenvalue weighted by molar-refractivity contribution is -0.385. The van der Waals surface area contributed by atoms with E-state index in [4.69, 9.17) is 9.47 Å². The Bertz CT molecular complexity index is 1700. The number of nitro groups is 2. The van der Waals surface area contributed by atoms with Gasteiger partial charge in [0.15, 0.2) is 16.6 Å². The van der Waals surface area contributed by atoms with Crippen molar-refractivity contribution in [3.8, 4) is 28.0 Å². The molecule has 0 saturated heterocycles. The first-order valence-electron chi connectivity index (χ1n) is 11.6. The SMILES string of the molecule is COc1cc(C=C(C#N)C(=O)Nc2ncc(-c3ccc([N+](=O)[O-])cc3)s2)cc(Br)c1OCc1ccc([N+](=O)[O-])cc1. The second kappa shape index (κ2) is 12.8. The van der Waals surface area contributed by atoms with E-state index in [1.54, 1.807) is 36.4 Å². The van der Waals surface area contributed by atoms with Crippen LogP contribution < -0.4 is 14.8 Å². The van der Waals surface area contributed by atoms with Crippen molar-refractivity contribution in [2.24, 2.45) is 0 Å². The summed E-state index contributed by atoms with van der Waals surface area (Å²) in [7, 11) is 1.44. The lowest BCUT2D eigenvalue weighted by atomic mass is 10.1. The van der Waals surface area contributed by atoms with Gasteiger partial charge in [-0.2, -0.15) is 5.26 Å². The first kappa shape index (κ1) is 28.9. The summed E-state index contributed by atoms with van der Waals surface area (Å²) in [6.45, 7) is 0.115. The number of methoxy groups -OCH3 is 1. The number of non-ortho nitro benzene ring substituents is 2. The Kier molecular flexibility index (Phi) is 9.02. The zero-order valence-electron chi connectivity index (χ0n) is 21.1. The molecule has 4 rings (SSSR count). The number of rotatable bonds is 10. The van der Waals surface area contributed by atoms with E-state index in [0.29, 0.717) is 37.5 Å². The molecule has 0 radical (unpaired) electrons. The van der Waals surface area contributed by atoms with Crippen LogP contribution in [0, 0.1) is 31.6 Å². The first-order chi connectivity index (χ1) is 19.7. The smallest absolute Gasteiger partial charge is 0.269 e. The van der Waals surface area contributed by atoms with E-state index < -0.39 is 15.8 Å². The standard InChI is InChI=1S/C27H18BrN5O7S/c1-39-23-12-17(11-22(28)25(23)40-15-16-2-6-20(7-3-16)32(35)36)10-19(13-29)26(34)31-27-30-14-24(41-27)18-4-8-21(9-5-18)33(37)38/h2-12,14H,15H2,1H3,(H,30,31,34). The Balaban J connectivity index is 1.47. The van der Waals surface area contributed by atoms with Crippen molar-refractivity contribution in [3.63, 3.8) is 0 Å². The fourth-order valence-corrected chi connectivity index (χ4v) is 4.92. The number of nitrogens with zero attached hydrogens (tertiary/aromatic N) is 4. The number of halogens is 1. The number of ether oxygens (including phenoxy) is 2. The molecule has 0 saturated carbocycles. The predicted octanol–water partition coefficient (Wildman–Crippen LogP) is 6.52. The third-order valence-electron chi connectivity index (χ3n) is 5.55. The van der Waals surface area contributed by atoms with Crippen molar-refractivity contribution in [2.75, 3.05) is 12.4 Å². The van der Waals surface area contributed by atoms with E-state index in [0.717, 1.165) is 11.3 Å². The number of nitriles is 1. The molecule has 0 fully saturated rings. The molecular weight excluding hydrogens is 618 g/mol. The number of hydrogen-bond donors (Lipinski definition) is 1. The normalized spacial score (nSPS) is 10.9. The number of benzene rings is 3. The summed E-state index contributed by atoms with van der Waals surface area (Å²) in [6, 6.07) is 17.0. The Morgan fingerprint density at radius 2 is 1.73 bits per heavy atom. The van der Waals surface area contributed by atoms with Gasteiger partial charge in [-0.25, -0.2) is 4.98 Å². The second-order valence-electron chi connectivity index (χ2n) is 8.20. The largest absolute Gasteiger partial charge is 0.493 e. The molecule has 4 aromatic rings. The fraction of sp³-hybridized carbons (Fsp3) is 0.0741. The van der Waals surface area contributed by atoms with Crippen LogP contribution in [0.5, 0.6) is 11.5 Å². The minimum atomic E-state index is -0.675. The molecule has 1 N–H and O–H groups in total. The van der Waals surface area contributed by atoms with E-state index in [2.05, 4.69) is 26.2 Å². The van der Waals surface area contributed by atoms with Crippen molar-refractivity contribution in [3.05, 3.63) is 108 Å². The number of anilines is 1. The van der Waals surface area contributed by atoms with Gasteiger partial charge in [-0.15, -0.1) is 0 Å². The Morgan fingerprint density at radius 3 is 2.32 bits per heavy atom. The monoisotopic (exact) mass is 635 g/mol. The van der Waals surface area contributed by atoms with Crippen molar-refractivity contribution >= 4 is 55.8 Å². The second-order valence-corrected chi connectivity index (χ2v) is 10.1. The third kappa shape index (κ3) is 7.10. The third-order valence-corrected chi connectivity index (χ3v) is 7.10. The number of aromatic nitrogens is 1. The fourth-order valence-electron chi connectivity index (χ4n) is 3.53. The van der Waals surface area contributed by atoms with Crippen LogP contribution in [-0.2, 0) is 11.4 Å². The number of amides is 1. The van der Waals surface area contributed by atoms with Crippen LogP contribution >= 0.6 is 27.3 Å². The summed E-state index contributed by atoms with van der Waals surface area (Å²) in [4.78, 5) is 38.4. The summed E-state index contributed by atoms with van der Waals surface area (Å²) in [5, 5.41) is 34.2. The maximum absolute atomic E-state index is 12.8. The van der Waals surface area contributed by atoms with Crippen LogP contribution in [0.4, 0.5) is 16.5 Å². The molecule has 1 heterocycles. The summed E-state index contributed by atoms with van der Waals surface area (Å²) >= 11 is 4.58. The summed E-state index contributed by atoms with van der Waals surface area (Å²) in [6.07, 6.45) is 2.90. The van der Waals surface area contributed by atoms with Crippen molar-refractivity contribution in [2.45, 2.75) is 6.61 Å². The zero-order chi connectivity index (χ0) is 29.5. The molecule has 3 aromatic carbocycles. The maximum atomic E-state index is 12.8. The highest BCUT2D eigenvalue weighted by Crippen LogP contribution is 2.38. The summed E-state index contributed by atoms with van der Waals surface area (Å²) in [5.41, 5.74) is 1.62. The molecular formula is C27H18BrN5O7S. The van der Waals surface area contributed by atoms with E-state index in [-0.39, 0.29) is 28.7 Å². The average molecular weight is 636 g/mol. The maximum Gasteiger partial charge on any atom is 0.269 e. The minimum Gasteiger partial charge on any atom is -0.493 e. The van der Waals surface area contributed by atoms with Gasteiger partial charge in [-0.05, 0) is 75.1 Å². The van der Waals surface area contributed by atoms with Crippen molar-refractivity contribution < 1.29 is 24.1 Å². The van der Waals surface area contributed by atoms with Gasteiger partial charge in [0.05, 0.1) is 26.3 Å². The number of nitrogens with one attached hydrogen (secondary N) is 1. The Labute approximate surface area is 244 Å². The molecule has 0 bridgehead atoms.